The number of hydrogen-bond acceptors (Lipinski definition) is 3. The summed E-state index contributed by atoms with van der Waals surface area (Å²) in [5.41, 5.74) is 6.19. The first-order valence-corrected chi connectivity index (χ1v) is 7.00. The van der Waals surface area contributed by atoms with Crippen molar-refractivity contribution < 1.29 is 10.3 Å². The van der Waals surface area contributed by atoms with Crippen LogP contribution in [0.3, 0.4) is 0 Å². The number of aromatic amines is 1. The summed E-state index contributed by atoms with van der Waals surface area (Å²) < 4.78 is 0. The maximum absolute atomic E-state index is 9.84. The van der Waals surface area contributed by atoms with E-state index in [1.165, 1.54) is 5.06 Å². The summed E-state index contributed by atoms with van der Waals surface area (Å²) in [6, 6.07) is 8.15. The van der Waals surface area contributed by atoms with Crippen LogP contribution in [-0.2, 0) is 13.2 Å². The van der Waals surface area contributed by atoms with Crippen LogP contribution < -0.4 is 0 Å². The van der Waals surface area contributed by atoms with E-state index in [0.29, 0.717) is 6.54 Å². The molecule has 0 saturated heterocycles. The van der Waals surface area contributed by atoms with Crippen LogP contribution in [0.25, 0.3) is 27.9 Å². The van der Waals surface area contributed by atoms with Gasteiger partial charge in [-0.2, -0.15) is 0 Å². The number of fused-ring (bicyclic) bond motifs is 4. The monoisotopic (exact) mass is 280 g/mol. The van der Waals surface area contributed by atoms with Gasteiger partial charge in [0, 0.05) is 28.1 Å². The molecule has 21 heavy (non-hydrogen) atoms. The molecule has 3 N–H and O–H groups in total. The minimum Gasteiger partial charge on any atom is -0.392 e. The standard InChI is InChI=1S/C17H16N2O2/c1-10-13-8-19(21)7-6-11(13)14(9-20)17-16(10)12-4-2-3-5-15(12)18-17/h2-7,18,20-21H,8-9H2,1H3. The number of aryl methyl sites for hydroxylation is 1. The highest BCUT2D eigenvalue weighted by molar-refractivity contribution is 6.11. The summed E-state index contributed by atoms with van der Waals surface area (Å²) >= 11 is 0. The van der Waals surface area contributed by atoms with Crippen molar-refractivity contribution in [3.63, 3.8) is 0 Å². The molecule has 4 nitrogen and oxygen atoms in total. The van der Waals surface area contributed by atoms with Crippen molar-refractivity contribution in [1.29, 1.82) is 0 Å². The fraction of sp³-hybridized carbons (Fsp3) is 0.176. The number of nitrogens with one attached hydrogen (secondary N) is 1. The second-order valence-corrected chi connectivity index (χ2v) is 5.49. The summed E-state index contributed by atoms with van der Waals surface area (Å²) in [5, 5.41) is 23.1. The number of hydrogen-bond donors (Lipinski definition) is 3. The molecule has 0 aliphatic carbocycles. The third-order valence-electron chi connectivity index (χ3n) is 4.38. The molecule has 4 rings (SSSR count). The average Bonchev–Trinajstić information content (AvgIpc) is 2.88. The first-order valence-electron chi connectivity index (χ1n) is 7.00. The van der Waals surface area contributed by atoms with E-state index in [-0.39, 0.29) is 6.61 Å². The molecule has 0 spiro atoms. The minimum absolute atomic E-state index is 0.0261. The molecule has 0 atom stereocenters. The molecule has 0 radical (unpaired) electrons. The van der Waals surface area contributed by atoms with Crippen molar-refractivity contribution in [2.75, 3.05) is 0 Å². The summed E-state index contributed by atoms with van der Waals surface area (Å²) in [5.74, 6) is 0. The van der Waals surface area contributed by atoms with Gasteiger partial charge in [-0.1, -0.05) is 18.2 Å². The molecule has 3 aromatic rings. The van der Waals surface area contributed by atoms with Crippen molar-refractivity contribution in [3.8, 4) is 0 Å². The van der Waals surface area contributed by atoms with Gasteiger partial charge in [0.05, 0.1) is 18.7 Å². The van der Waals surface area contributed by atoms with Gasteiger partial charge in [-0.3, -0.25) is 10.3 Å². The molecule has 2 heterocycles. The number of aliphatic hydroxyl groups is 1. The van der Waals surface area contributed by atoms with E-state index in [1.54, 1.807) is 6.20 Å². The summed E-state index contributed by atoms with van der Waals surface area (Å²) in [7, 11) is 0. The summed E-state index contributed by atoms with van der Waals surface area (Å²) in [6.07, 6.45) is 3.50. The third-order valence-corrected chi connectivity index (χ3v) is 4.38. The van der Waals surface area contributed by atoms with Gasteiger partial charge in [0.1, 0.15) is 0 Å². The van der Waals surface area contributed by atoms with E-state index in [9.17, 15) is 10.3 Å². The molecule has 106 valence electrons. The highest BCUT2D eigenvalue weighted by atomic mass is 16.5. The molecule has 0 amide bonds. The smallest absolute Gasteiger partial charge is 0.0708 e. The first-order chi connectivity index (χ1) is 10.2. The summed E-state index contributed by atoms with van der Waals surface area (Å²) in [6.45, 7) is 2.50. The van der Waals surface area contributed by atoms with Crippen LogP contribution in [0.4, 0.5) is 0 Å². The average molecular weight is 280 g/mol. The Morgan fingerprint density at radius 2 is 2.10 bits per heavy atom. The Bertz CT molecular complexity index is 893. The molecule has 1 aliphatic rings. The number of aliphatic hydroxyl groups excluding tert-OH is 1. The highest BCUT2D eigenvalue weighted by Gasteiger charge is 2.21. The van der Waals surface area contributed by atoms with Gasteiger partial charge in [0.25, 0.3) is 0 Å². The maximum Gasteiger partial charge on any atom is 0.0708 e. The normalized spacial score (nSPS) is 14.1. The molecule has 1 aliphatic heterocycles. The zero-order chi connectivity index (χ0) is 14.6. The second kappa shape index (κ2) is 4.35. The lowest BCUT2D eigenvalue weighted by molar-refractivity contribution is -0.0496. The number of aromatic nitrogens is 1. The van der Waals surface area contributed by atoms with Crippen molar-refractivity contribution in [2.45, 2.75) is 20.1 Å². The van der Waals surface area contributed by atoms with Gasteiger partial charge in [-0.15, -0.1) is 0 Å². The van der Waals surface area contributed by atoms with Crippen molar-refractivity contribution in [3.05, 3.63) is 52.7 Å². The van der Waals surface area contributed by atoms with E-state index in [1.807, 2.05) is 24.3 Å². The van der Waals surface area contributed by atoms with E-state index in [0.717, 1.165) is 44.1 Å². The van der Waals surface area contributed by atoms with Gasteiger partial charge in [0.15, 0.2) is 0 Å². The lowest BCUT2D eigenvalue weighted by Crippen LogP contribution is -2.17. The van der Waals surface area contributed by atoms with Crippen LogP contribution in [-0.4, -0.2) is 20.4 Å². The number of benzene rings is 2. The molecule has 0 saturated carbocycles. The van der Waals surface area contributed by atoms with Crippen LogP contribution in [0.1, 0.15) is 22.3 Å². The van der Waals surface area contributed by atoms with Crippen molar-refractivity contribution in [1.82, 2.24) is 10.0 Å². The molecule has 0 bridgehead atoms. The lowest BCUT2D eigenvalue weighted by Gasteiger charge is -2.23. The van der Waals surface area contributed by atoms with Crippen molar-refractivity contribution in [2.24, 2.45) is 0 Å². The predicted octanol–water partition coefficient (Wildman–Crippen LogP) is 3.30. The summed E-state index contributed by atoms with van der Waals surface area (Å²) in [4.78, 5) is 3.43. The Kier molecular flexibility index (Phi) is 2.58. The molecule has 0 fully saturated rings. The predicted molar refractivity (Wildman–Crippen MR) is 82.8 cm³/mol. The van der Waals surface area contributed by atoms with Gasteiger partial charge in [0.2, 0.25) is 0 Å². The molecule has 1 aromatic heterocycles. The van der Waals surface area contributed by atoms with E-state index in [4.69, 9.17) is 0 Å². The molecule has 4 heteroatoms. The number of hydroxylamine groups is 2. The van der Waals surface area contributed by atoms with E-state index >= 15 is 0 Å². The Hall–Kier alpha value is -2.30. The van der Waals surface area contributed by atoms with Crippen LogP contribution in [0, 0.1) is 6.92 Å². The van der Waals surface area contributed by atoms with Gasteiger partial charge < -0.3 is 10.1 Å². The largest absolute Gasteiger partial charge is 0.392 e. The second-order valence-electron chi connectivity index (χ2n) is 5.49. The zero-order valence-electron chi connectivity index (χ0n) is 11.7. The quantitative estimate of drug-likeness (QED) is 0.641. The van der Waals surface area contributed by atoms with Gasteiger partial charge in [-0.25, -0.2) is 0 Å². The van der Waals surface area contributed by atoms with Crippen LogP contribution in [0.15, 0.2) is 30.5 Å². The molecular weight excluding hydrogens is 264 g/mol. The first kappa shape index (κ1) is 12.4. The highest BCUT2D eigenvalue weighted by Crippen LogP contribution is 2.37. The fourth-order valence-electron chi connectivity index (χ4n) is 3.37. The van der Waals surface area contributed by atoms with Crippen molar-refractivity contribution >= 4 is 27.9 Å². The lowest BCUT2D eigenvalue weighted by atomic mass is 9.90. The number of para-hydroxylation sites is 1. The van der Waals surface area contributed by atoms with Gasteiger partial charge in [-0.05, 0) is 35.8 Å². The van der Waals surface area contributed by atoms with E-state index in [2.05, 4.69) is 18.0 Å². The number of H-pyrrole nitrogens is 1. The number of rotatable bonds is 1. The van der Waals surface area contributed by atoms with Crippen LogP contribution in [0.2, 0.25) is 0 Å². The third kappa shape index (κ3) is 1.63. The SMILES string of the molecule is Cc1c2c(c(CO)c3[nH]c4ccccc4c13)C=CN(O)C2. The Balaban J connectivity index is 2.22. The number of nitrogens with zero attached hydrogens (tertiary/aromatic N) is 1. The fourth-order valence-corrected chi connectivity index (χ4v) is 3.37. The topological polar surface area (TPSA) is 59.5 Å². The van der Waals surface area contributed by atoms with Crippen LogP contribution >= 0.6 is 0 Å². The Labute approximate surface area is 121 Å². The maximum atomic E-state index is 9.84. The molecule has 2 aromatic carbocycles. The zero-order valence-corrected chi connectivity index (χ0v) is 11.7. The van der Waals surface area contributed by atoms with Gasteiger partial charge >= 0.3 is 0 Å². The minimum atomic E-state index is -0.0261. The molecule has 0 unspecified atom stereocenters. The van der Waals surface area contributed by atoms with E-state index < -0.39 is 0 Å². The Morgan fingerprint density at radius 3 is 2.90 bits per heavy atom. The van der Waals surface area contributed by atoms with Crippen LogP contribution in [0.5, 0.6) is 0 Å². The Morgan fingerprint density at radius 1 is 1.29 bits per heavy atom. The molecular formula is C17H16N2O2.